The SMILES string of the molecule is Cc1nc2c(s1)CCCC2CN(C)C(=O)C1=NN(C)C(=O)CC1. The van der Waals surface area contributed by atoms with Crippen LogP contribution in [0.2, 0.25) is 0 Å². The lowest BCUT2D eigenvalue weighted by molar-refractivity contribution is -0.130. The highest BCUT2D eigenvalue weighted by Crippen LogP contribution is 2.35. The number of hydrazone groups is 1. The minimum atomic E-state index is -0.0802. The Kier molecular flexibility index (Phi) is 4.48. The molecule has 124 valence electrons. The van der Waals surface area contributed by atoms with Crippen LogP contribution in [0.25, 0.3) is 0 Å². The number of rotatable bonds is 3. The van der Waals surface area contributed by atoms with E-state index in [1.54, 1.807) is 23.3 Å². The van der Waals surface area contributed by atoms with E-state index < -0.39 is 0 Å². The Hall–Kier alpha value is -1.76. The molecule has 7 heteroatoms. The van der Waals surface area contributed by atoms with Crippen molar-refractivity contribution in [3.8, 4) is 0 Å². The lowest BCUT2D eigenvalue weighted by atomic mass is 9.90. The molecule has 0 bridgehead atoms. The highest BCUT2D eigenvalue weighted by Gasteiger charge is 2.29. The van der Waals surface area contributed by atoms with Gasteiger partial charge in [0.15, 0.2) is 0 Å². The van der Waals surface area contributed by atoms with Gasteiger partial charge in [0.2, 0.25) is 5.91 Å². The van der Waals surface area contributed by atoms with E-state index in [9.17, 15) is 9.59 Å². The quantitative estimate of drug-likeness (QED) is 0.848. The average Bonchev–Trinajstić information content (AvgIpc) is 2.90. The molecule has 1 aliphatic carbocycles. The van der Waals surface area contributed by atoms with Crippen LogP contribution < -0.4 is 0 Å². The molecule has 1 aromatic heterocycles. The van der Waals surface area contributed by atoms with Crippen molar-refractivity contribution >= 4 is 28.9 Å². The van der Waals surface area contributed by atoms with E-state index >= 15 is 0 Å². The van der Waals surface area contributed by atoms with Crippen LogP contribution in [0.15, 0.2) is 5.10 Å². The summed E-state index contributed by atoms with van der Waals surface area (Å²) in [6, 6.07) is 0. The summed E-state index contributed by atoms with van der Waals surface area (Å²) in [5.41, 5.74) is 1.65. The fraction of sp³-hybridized carbons (Fsp3) is 0.625. The Bertz CT molecular complexity index is 667. The van der Waals surface area contributed by atoms with Gasteiger partial charge in [-0.05, 0) is 26.2 Å². The first kappa shape index (κ1) is 16.1. The van der Waals surface area contributed by atoms with E-state index in [2.05, 4.69) is 10.1 Å². The summed E-state index contributed by atoms with van der Waals surface area (Å²) in [5, 5.41) is 6.50. The molecule has 1 unspecified atom stereocenters. The smallest absolute Gasteiger partial charge is 0.269 e. The number of aromatic nitrogens is 1. The summed E-state index contributed by atoms with van der Waals surface area (Å²) in [5.74, 6) is 0.184. The van der Waals surface area contributed by atoms with Crippen LogP contribution in [-0.2, 0) is 16.0 Å². The molecule has 1 atom stereocenters. The van der Waals surface area contributed by atoms with Crippen molar-refractivity contribution in [1.82, 2.24) is 14.9 Å². The number of aryl methyl sites for hydroxylation is 2. The Morgan fingerprint density at radius 1 is 1.39 bits per heavy atom. The molecule has 2 aliphatic rings. The normalized spacial score (nSPS) is 21.0. The summed E-state index contributed by atoms with van der Waals surface area (Å²) < 4.78 is 0. The Labute approximate surface area is 140 Å². The van der Waals surface area contributed by atoms with E-state index in [0.29, 0.717) is 31.0 Å². The molecule has 3 rings (SSSR count). The minimum Gasteiger partial charge on any atom is -0.340 e. The van der Waals surface area contributed by atoms with Crippen LogP contribution in [0.3, 0.4) is 0 Å². The van der Waals surface area contributed by atoms with E-state index in [4.69, 9.17) is 0 Å². The first-order valence-corrected chi connectivity index (χ1v) is 8.83. The zero-order valence-corrected chi connectivity index (χ0v) is 14.7. The predicted molar refractivity (Wildman–Crippen MR) is 89.6 cm³/mol. The van der Waals surface area contributed by atoms with Crippen molar-refractivity contribution in [2.75, 3.05) is 20.6 Å². The molecule has 6 nitrogen and oxygen atoms in total. The first-order chi connectivity index (χ1) is 11.0. The van der Waals surface area contributed by atoms with Gasteiger partial charge in [0, 0.05) is 44.3 Å². The van der Waals surface area contributed by atoms with E-state index in [1.807, 2.05) is 14.0 Å². The maximum Gasteiger partial charge on any atom is 0.269 e. The third-order valence-corrected chi connectivity index (χ3v) is 5.52. The molecule has 2 heterocycles. The fourth-order valence-corrected chi connectivity index (χ4v) is 4.33. The Morgan fingerprint density at radius 3 is 2.91 bits per heavy atom. The van der Waals surface area contributed by atoms with Gasteiger partial charge in [-0.2, -0.15) is 5.10 Å². The molecule has 0 saturated carbocycles. The molecule has 0 aromatic carbocycles. The summed E-state index contributed by atoms with van der Waals surface area (Å²) >= 11 is 1.78. The van der Waals surface area contributed by atoms with Gasteiger partial charge in [0.05, 0.1) is 10.7 Å². The van der Waals surface area contributed by atoms with E-state index in [1.165, 1.54) is 15.6 Å². The van der Waals surface area contributed by atoms with Gasteiger partial charge in [-0.3, -0.25) is 9.59 Å². The molecule has 0 saturated heterocycles. The summed E-state index contributed by atoms with van der Waals surface area (Å²) in [4.78, 5) is 31.8. The maximum absolute atomic E-state index is 12.6. The van der Waals surface area contributed by atoms with Crippen molar-refractivity contribution in [2.45, 2.75) is 44.9 Å². The number of fused-ring (bicyclic) bond motifs is 1. The van der Waals surface area contributed by atoms with Crippen molar-refractivity contribution in [1.29, 1.82) is 0 Å². The number of hydrogen-bond donors (Lipinski definition) is 0. The van der Waals surface area contributed by atoms with Gasteiger partial charge in [-0.15, -0.1) is 11.3 Å². The number of nitrogens with zero attached hydrogens (tertiary/aromatic N) is 4. The monoisotopic (exact) mass is 334 g/mol. The standard InChI is InChI=1S/C16H22N4O2S/c1-10-17-15-11(5-4-6-13(15)23-10)9-19(2)16(22)12-7-8-14(21)20(3)18-12/h11H,4-9H2,1-3H3. The zero-order chi connectivity index (χ0) is 16.6. The van der Waals surface area contributed by atoms with Crippen LogP contribution in [0.4, 0.5) is 0 Å². The van der Waals surface area contributed by atoms with Gasteiger partial charge >= 0.3 is 0 Å². The van der Waals surface area contributed by atoms with Gasteiger partial charge in [0.25, 0.3) is 5.91 Å². The topological polar surface area (TPSA) is 65.9 Å². The van der Waals surface area contributed by atoms with Gasteiger partial charge in [-0.1, -0.05) is 0 Å². The number of hydrogen-bond acceptors (Lipinski definition) is 5. The third kappa shape index (κ3) is 3.29. The Morgan fingerprint density at radius 2 is 2.17 bits per heavy atom. The second kappa shape index (κ2) is 6.39. The van der Waals surface area contributed by atoms with Crippen molar-refractivity contribution in [3.63, 3.8) is 0 Å². The number of thiazole rings is 1. The number of carbonyl (C=O) groups excluding carboxylic acids is 2. The zero-order valence-electron chi connectivity index (χ0n) is 13.8. The minimum absolute atomic E-state index is 0.0425. The molecular formula is C16H22N4O2S. The van der Waals surface area contributed by atoms with Crippen LogP contribution in [0.1, 0.15) is 47.2 Å². The van der Waals surface area contributed by atoms with Gasteiger partial charge in [-0.25, -0.2) is 9.99 Å². The maximum atomic E-state index is 12.6. The molecular weight excluding hydrogens is 312 g/mol. The van der Waals surface area contributed by atoms with Crippen LogP contribution in [0.5, 0.6) is 0 Å². The highest BCUT2D eigenvalue weighted by molar-refractivity contribution is 7.11. The lowest BCUT2D eigenvalue weighted by Gasteiger charge is -2.28. The van der Waals surface area contributed by atoms with Gasteiger partial charge in [0.1, 0.15) is 5.71 Å². The number of likely N-dealkylation sites (N-methyl/N-ethyl adjacent to an activating group) is 1. The van der Waals surface area contributed by atoms with Crippen LogP contribution in [-0.4, -0.2) is 53.1 Å². The largest absolute Gasteiger partial charge is 0.340 e. The van der Waals surface area contributed by atoms with E-state index in [-0.39, 0.29) is 11.8 Å². The summed E-state index contributed by atoms with van der Waals surface area (Å²) in [6.07, 6.45) is 4.11. The summed E-state index contributed by atoms with van der Waals surface area (Å²) in [6.45, 7) is 2.70. The van der Waals surface area contributed by atoms with Crippen molar-refractivity contribution in [3.05, 3.63) is 15.6 Å². The van der Waals surface area contributed by atoms with Crippen molar-refractivity contribution < 1.29 is 9.59 Å². The molecule has 1 aliphatic heterocycles. The molecule has 0 fully saturated rings. The number of amides is 2. The average molecular weight is 334 g/mol. The third-order valence-electron chi connectivity index (χ3n) is 4.47. The summed E-state index contributed by atoms with van der Waals surface area (Å²) in [7, 11) is 3.41. The predicted octanol–water partition coefficient (Wildman–Crippen LogP) is 1.94. The Balaban J connectivity index is 1.70. The van der Waals surface area contributed by atoms with Gasteiger partial charge < -0.3 is 4.90 Å². The molecule has 2 amide bonds. The first-order valence-electron chi connectivity index (χ1n) is 8.01. The molecule has 0 N–H and O–H groups in total. The molecule has 23 heavy (non-hydrogen) atoms. The highest BCUT2D eigenvalue weighted by atomic mass is 32.1. The fourth-order valence-electron chi connectivity index (χ4n) is 3.26. The van der Waals surface area contributed by atoms with Crippen molar-refractivity contribution in [2.24, 2.45) is 5.10 Å². The van der Waals surface area contributed by atoms with E-state index in [0.717, 1.165) is 24.3 Å². The molecule has 0 spiro atoms. The molecule has 1 aromatic rings. The van der Waals surface area contributed by atoms with Crippen LogP contribution in [0, 0.1) is 6.92 Å². The second-order valence-corrected chi connectivity index (χ2v) is 7.57. The molecule has 0 radical (unpaired) electrons. The number of carbonyl (C=O) groups is 2. The lowest BCUT2D eigenvalue weighted by Crippen LogP contribution is -2.40. The van der Waals surface area contributed by atoms with Crippen LogP contribution >= 0.6 is 11.3 Å². The second-order valence-electron chi connectivity index (χ2n) is 6.28.